The Bertz CT molecular complexity index is 574. The minimum Gasteiger partial charge on any atom is -0.356 e. The molecule has 24 heavy (non-hydrogen) atoms. The summed E-state index contributed by atoms with van der Waals surface area (Å²) in [6.45, 7) is 1.01. The van der Waals surface area contributed by atoms with Gasteiger partial charge >= 0.3 is 0 Å². The van der Waals surface area contributed by atoms with Gasteiger partial charge in [-0.1, -0.05) is 24.3 Å². The summed E-state index contributed by atoms with van der Waals surface area (Å²) in [4.78, 5) is 17.8. The molecule has 1 atom stereocenters. The molecule has 1 aromatic rings. The number of likely N-dealkylation sites (N-methyl/N-ethyl adjacent to an activating group) is 1. The number of carbonyl (C=O) groups is 1. The van der Waals surface area contributed by atoms with Crippen LogP contribution in [0.5, 0.6) is 0 Å². The highest BCUT2D eigenvalue weighted by Crippen LogP contribution is 2.20. The van der Waals surface area contributed by atoms with Crippen LogP contribution < -0.4 is 10.6 Å². The number of fused-ring (bicyclic) bond motifs is 1. The first kappa shape index (κ1) is 18.6. The van der Waals surface area contributed by atoms with E-state index in [0.29, 0.717) is 6.04 Å². The molecule has 0 fully saturated rings. The predicted octanol–water partition coefficient (Wildman–Crippen LogP) is 1.53. The Hall–Kier alpha value is -1.69. The molecule has 0 spiro atoms. The van der Waals surface area contributed by atoms with Crippen LogP contribution in [0, 0.1) is 0 Å². The lowest BCUT2D eigenvalue weighted by Crippen LogP contribution is -2.46. The summed E-state index contributed by atoms with van der Waals surface area (Å²) in [6.07, 6.45) is 5.25. The SMILES string of the molecule is CSCCNC(=NCC(=O)N(C)C)NC1CCc2ccccc2C1. The van der Waals surface area contributed by atoms with Crippen LogP contribution >= 0.6 is 11.8 Å². The first-order chi connectivity index (χ1) is 11.6. The number of carbonyl (C=O) groups excluding carboxylic acids is 1. The van der Waals surface area contributed by atoms with Gasteiger partial charge in [0.1, 0.15) is 6.54 Å². The van der Waals surface area contributed by atoms with Gasteiger partial charge in [-0.2, -0.15) is 11.8 Å². The number of hydrogen-bond acceptors (Lipinski definition) is 3. The van der Waals surface area contributed by atoms with Crippen molar-refractivity contribution in [3.8, 4) is 0 Å². The van der Waals surface area contributed by atoms with Crippen molar-refractivity contribution in [2.75, 3.05) is 39.2 Å². The van der Waals surface area contributed by atoms with Crippen LogP contribution in [0.3, 0.4) is 0 Å². The molecule has 6 heteroatoms. The maximum absolute atomic E-state index is 11.8. The largest absolute Gasteiger partial charge is 0.356 e. The number of rotatable bonds is 6. The third-order valence-corrected chi connectivity index (χ3v) is 4.77. The number of guanidine groups is 1. The number of hydrogen-bond donors (Lipinski definition) is 2. The van der Waals surface area contributed by atoms with Crippen LogP contribution in [0.1, 0.15) is 17.5 Å². The van der Waals surface area contributed by atoms with Gasteiger partial charge in [-0.05, 0) is 36.6 Å². The quantitative estimate of drug-likeness (QED) is 0.465. The van der Waals surface area contributed by atoms with Crippen LogP contribution in [-0.4, -0.2) is 62.0 Å². The second-order valence-corrected chi connectivity index (χ2v) is 7.21. The molecular formula is C18H28N4OS. The van der Waals surface area contributed by atoms with Crippen LogP contribution in [0.15, 0.2) is 29.3 Å². The molecule has 0 radical (unpaired) electrons. The zero-order valence-electron chi connectivity index (χ0n) is 14.8. The Morgan fingerprint density at radius 2 is 2.08 bits per heavy atom. The lowest BCUT2D eigenvalue weighted by molar-refractivity contribution is -0.127. The van der Waals surface area contributed by atoms with Gasteiger partial charge in [0.2, 0.25) is 5.91 Å². The van der Waals surface area contributed by atoms with Gasteiger partial charge in [-0.25, -0.2) is 4.99 Å². The van der Waals surface area contributed by atoms with Crippen LogP contribution in [0.2, 0.25) is 0 Å². The van der Waals surface area contributed by atoms with Crippen LogP contribution in [0.25, 0.3) is 0 Å². The fourth-order valence-electron chi connectivity index (χ4n) is 2.73. The molecule has 0 aliphatic heterocycles. The van der Waals surface area contributed by atoms with Crippen LogP contribution in [0.4, 0.5) is 0 Å². The molecule has 2 N–H and O–H groups in total. The van der Waals surface area contributed by atoms with E-state index in [1.54, 1.807) is 30.8 Å². The molecule has 1 aromatic carbocycles. The second kappa shape index (κ2) is 9.57. The number of aliphatic imine (C=N–C) groups is 1. The topological polar surface area (TPSA) is 56.7 Å². The summed E-state index contributed by atoms with van der Waals surface area (Å²) < 4.78 is 0. The summed E-state index contributed by atoms with van der Waals surface area (Å²) in [5, 5.41) is 6.84. The van der Waals surface area contributed by atoms with Gasteiger partial charge in [0.05, 0.1) is 0 Å². The second-order valence-electron chi connectivity index (χ2n) is 6.23. The third-order valence-electron chi connectivity index (χ3n) is 4.16. The molecular weight excluding hydrogens is 320 g/mol. The van der Waals surface area contributed by atoms with Gasteiger partial charge in [-0.3, -0.25) is 4.79 Å². The van der Waals surface area contributed by atoms with Gasteiger partial charge < -0.3 is 15.5 Å². The zero-order chi connectivity index (χ0) is 17.4. The van der Waals surface area contributed by atoms with E-state index in [-0.39, 0.29) is 12.5 Å². The Labute approximate surface area is 149 Å². The first-order valence-corrected chi connectivity index (χ1v) is 9.80. The molecule has 1 amide bonds. The van der Waals surface area contributed by atoms with Gasteiger partial charge in [0.25, 0.3) is 0 Å². The fraction of sp³-hybridized carbons (Fsp3) is 0.556. The van der Waals surface area contributed by atoms with E-state index in [4.69, 9.17) is 0 Å². The van der Waals surface area contributed by atoms with E-state index in [1.165, 1.54) is 11.1 Å². The monoisotopic (exact) mass is 348 g/mol. The van der Waals surface area contributed by atoms with Crippen molar-refractivity contribution >= 4 is 23.6 Å². The Kier molecular flexibility index (Phi) is 7.43. The van der Waals surface area contributed by atoms with E-state index in [9.17, 15) is 4.79 Å². The van der Waals surface area contributed by atoms with E-state index in [0.717, 1.165) is 37.5 Å². The summed E-state index contributed by atoms with van der Waals surface area (Å²) in [5.74, 6) is 1.76. The van der Waals surface area contributed by atoms with Crippen molar-refractivity contribution in [1.82, 2.24) is 15.5 Å². The molecule has 0 aromatic heterocycles. The average molecular weight is 349 g/mol. The molecule has 0 saturated carbocycles. The maximum Gasteiger partial charge on any atom is 0.243 e. The zero-order valence-corrected chi connectivity index (χ0v) is 15.7. The highest BCUT2D eigenvalue weighted by molar-refractivity contribution is 7.98. The van der Waals surface area contributed by atoms with E-state index < -0.39 is 0 Å². The Balaban J connectivity index is 1.97. The minimum absolute atomic E-state index is 0.00922. The molecule has 1 aliphatic carbocycles. The summed E-state index contributed by atoms with van der Waals surface area (Å²) >= 11 is 1.79. The smallest absolute Gasteiger partial charge is 0.243 e. The number of benzene rings is 1. The van der Waals surface area contributed by atoms with E-state index in [1.807, 2.05) is 0 Å². The van der Waals surface area contributed by atoms with Crippen molar-refractivity contribution in [3.63, 3.8) is 0 Å². The van der Waals surface area contributed by atoms with E-state index in [2.05, 4.69) is 46.1 Å². The van der Waals surface area contributed by atoms with Crippen molar-refractivity contribution in [3.05, 3.63) is 35.4 Å². The molecule has 1 aliphatic rings. The molecule has 5 nitrogen and oxygen atoms in total. The highest BCUT2D eigenvalue weighted by Gasteiger charge is 2.19. The molecule has 0 saturated heterocycles. The van der Waals surface area contributed by atoms with Crippen molar-refractivity contribution in [1.29, 1.82) is 0 Å². The molecule has 1 unspecified atom stereocenters. The third kappa shape index (κ3) is 5.74. The maximum atomic E-state index is 11.8. The standard InChI is InChI=1S/C18H28N4OS/c1-22(2)17(23)13-20-18(19-10-11-24-3)21-16-9-8-14-6-4-5-7-15(14)12-16/h4-7,16H,8-13H2,1-3H3,(H2,19,20,21). The van der Waals surface area contributed by atoms with Crippen LogP contribution in [-0.2, 0) is 17.6 Å². The lowest BCUT2D eigenvalue weighted by atomic mass is 9.88. The summed E-state index contributed by atoms with van der Waals surface area (Å²) in [7, 11) is 3.51. The number of aryl methyl sites for hydroxylation is 1. The van der Waals surface area contributed by atoms with Crippen molar-refractivity contribution in [2.45, 2.75) is 25.3 Å². The van der Waals surface area contributed by atoms with Gasteiger partial charge in [0, 0.05) is 32.4 Å². The molecule has 132 valence electrons. The molecule has 2 rings (SSSR count). The van der Waals surface area contributed by atoms with Gasteiger partial charge in [-0.15, -0.1) is 0 Å². The van der Waals surface area contributed by atoms with Crippen molar-refractivity contribution < 1.29 is 4.79 Å². The number of amides is 1. The average Bonchev–Trinajstić information content (AvgIpc) is 2.59. The normalized spacial score (nSPS) is 17.1. The number of thioether (sulfide) groups is 1. The fourth-order valence-corrected chi connectivity index (χ4v) is 3.03. The molecule has 0 heterocycles. The van der Waals surface area contributed by atoms with Crippen molar-refractivity contribution in [2.24, 2.45) is 4.99 Å². The molecule has 0 bridgehead atoms. The number of nitrogens with zero attached hydrogens (tertiary/aromatic N) is 2. The van der Waals surface area contributed by atoms with E-state index >= 15 is 0 Å². The lowest BCUT2D eigenvalue weighted by Gasteiger charge is -2.27. The highest BCUT2D eigenvalue weighted by atomic mass is 32.2. The minimum atomic E-state index is 0.00922. The number of nitrogens with one attached hydrogen (secondary N) is 2. The van der Waals surface area contributed by atoms with Gasteiger partial charge in [0.15, 0.2) is 5.96 Å². The summed E-state index contributed by atoms with van der Waals surface area (Å²) in [6, 6.07) is 8.98. The Morgan fingerprint density at radius 3 is 2.79 bits per heavy atom. The predicted molar refractivity (Wildman–Crippen MR) is 103 cm³/mol. The summed E-state index contributed by atoms with van der Waals surface area (Å²) in [5.41, 5.74) is 2.86. The Morgan fingerprint density at radius 1 is 1.33 bits per heavy atom. The first-order valence-electron chi connectivity index (χ1n) is 8.41.